The average molecular weight is 310 g/mol. The molecule has 1 aromatic carbocycles. The first kappa shape index (κ1) is 15.4. The summed E-state index contributed by atoms with van der Waals surface area (Å²) in [5, 5.41) is 12.9. The first-order valence-electron chi connectivity index (χ1n) is 7.66. The van der Waals surface area contributed by atoms with E-state index >= 15 is 0 Å². The molecule has 1 saturated carbocycles. The summed E-state index contributed by atoms with van der Waals surface area (Å²) in [6.45, 7) is 3.91. The Morgan fingerprint density at radius 1 is 1.36 bits per heavy atom. The molecule has 1 fully saturated rings. The number of benzene rings is 1. The molecule has 0 radical (unpaired) electrons. The van der Waals surface area contributed by atoms with Crippen molar-refractivity contribution in [2.75, 3.05) is 0 Å². The van der Waals surface area contributed by atoms with E-state index in [1.54, 1.807) is 0 Å². The molecule has 6 heteroatoms. The molecule has 1 aliphatic carbocycles. The number of hydrogen-bond donors (Lipinski definition) is 2. The van der Waals surface area contributed by atoms with Gasteiger partial charge in [-0.1, -0.05) is 13.8 Å². The normalized spacial score (nSPS) is 22.1. The van der Waals surface area contributed by atoms with Crippen LogP contribution in [0.15, 0.2) is 10.5 Å². The maximum absolute atomic E-state index is 14.1. The van der Waals surface area contributed by atoms with Crippen LogP contribution in [0.2, 0.25) is 0 Å². The molecule has 1 aliphatic rings. The molecule has 2 N–H and O–H groups in total. The second-order valence-electron chi connectivity index (χ2n) is 6.20. The van der Waals surface area contributed by atoms with Crippen LogP contribution in [0.3, 0.4) is 0 Å². The van der Waals surface area contributed by atoms with Crippen LogP contribution in [0.4, 0.5) is 8.78 Å². The Kier molecular flexibility index (Phi) is 4.14. The number of halogens is 2. The fraction of sp³-hybridized carbons (Fsp3) is 0.562. The van der Waals surface area contributed by atoms with Gasteiger partial charge in [-0.3, -0.25) is 0 Å². The number of aliphatic hydroxyl groups is 1. The van der Waals surface area contributed by atoms with Crippen molar-refractivity contribution in [3.05, 3.63) is 29.2 Å². The van der Waals surface area contributed by atoms with Crippen molar-refractivity contribution < 1.29 is 18.3 Å². The van der Waals surface area contributed by atoms with Crippen LogP contribution >= 0.6 is 0 Å². The van der Waals surface area contributed by atoms with E-state index in [9.17, 15) is 13.9 Å². The highest BCUT2D eigenvalue weighted by Crippen LogP contribution is 2.27. The van der Waals surface area contributed by atoms with Gasteiger partial charge >= 0.3 is 0 Å². The molecule has 0 bridgehead atoms. The number of hydrogen-bond acceptors (Lipinski definition) is 4. The Balaban J connectivity index is 1.87. The van der Waals surface area contributed by atoms with E-state index in [2.05, 4.69) is 10.3 Å². The fourth-order valence-corrected chi connectivity index (χ4v) is 2.87. The summed E-state index contributed by atoms with van der Waals surface area (Å²) >= 11 is 0. The molecular weight excluding hydrogens is 290 g/mol. The van der Waals surface area contributed by atoms with E-state index in [1.807, 2.05) is 13.8 Å². The smallest absolute Gasteiger partial charge is 0.203 e. The van der Waals surface area contributed by atoms with Gasteiger partial charge in [0.2, 0.25) is 5.82 Å². The molecule has 0 spiro atoms. The predicted octanol–water partition coefficient (Wildman–Crippen LogP) is 3.23. The van der Waals surface area contributed by atoms with Gasteiger partial charge in [0.05, 0.1) is 6.10 Å². The van der Waals surface area contributed by atoms with E-state index in [0.717, 1.165) is 19.3 Å². The van der Waals surface area contributed by atoms with Crippen molar-refractivity contribution in [2.24, 2.45) is 0 Å². The molecule has 120 valence electrons. The number of nitrogens with zero attached hydrogens (tertiary/aromatic N) is 1. The van der Waals surface area contributed by atoms with Crippen LogP contribution in [-0.4, -0.2) is 22.2 Å². The van der Waals surface area contributed by atoms with Crippen LogP contribution in [0.1, 0.15) is 50.5 Å². The number of oxazole rings is 1. The summed E-state index contributed by atoms with van der Waals surface area (Å²) in [6, 6.07) is 1.44. The lowest BCUT2D eigenvalue weighted by atomic mass is 10.1. The quantitative estimate of drug-likeness (QED) is 0.910. The van der Waals surface area contributed by atoms with E-state index in [4.69, 9.17) is 4.42 Å². The van der Waals surface area contributed by atoms with Crippen molar-refractivity contribution in [2.45, 2.75) is 57.7 Å². The molecular formula is C16H20F2N2O2. The second-order valence-corrected chi connectivity index (χ2v) is 6.20. The van der Waals surface area contributed by atoms with E-state index in [0.29, 0.717) is 11.4 Å². The summed E-state index contributed by atoms with van der Waals surface area (Å²) in [6.07, 6.45) is 2.11. The molecule has 3 rings (SSSR count). The largest absolute Gasteiger partial charge is 0.437 e. The lowest BCUT2D eigenvalue weighted by Gasteiger charge is -2.16. The van der Waals surface area contributed by atoms with Gasteiger partial charge in [0.1, 0.15) is 5.52 Å². The number of rotatable bonds is 4. The second kappa shape index (κ2) is 5.93. The third-order valence-electron chi connectivity index (χ3n) is 4.18. The Morgan fingerprint density at radius 2 is 2.14 bits per heavy atom. The van der Waals surface area contributed by atoms with Crippen molar-refractivity contribution in [3.63, 3.8) is 0 Å². The van der Waals surface area contributed by atoms with Crippen molar-refractivity contribution >= 4 is 11.1 Å². The Bertz CT molecular complexity index is 684. The Labute approximate surface area is 127 Å². The zero-order valence-electron chi connectivity index (χ0n) is 12.7. The highest BCUT2D eigenvalue weighted by molar-refractivity contribution is 5.74. The average Bonchev–Trinajstić information content (AvgIpc) is 3.08. The lowest BCUT2D eigenvalue weighted by Crippen LogP contribution is -2.35. The molecule has 0 amide bonds. The minimum Gasteiger partial charge on any atom is -0.437 e. The zero-order chi connectivity index (χ0) is 15.9. The summed E-state index contributed by atoms with van der Waals surface area (Å²) in [4.78, 5) is 4.22. The van der Waals surface area contributed by atoms with Gasteiger partial charge in [-0.25, -0.2) is 9.37 Å². The monoisotopic (exact) mass is 310 g/mol. The fourth-order valence-electron chi connectivity index (χ4n) is 2.87. The summed E-state index contributed by atoms with van der Waals surface area (Å²) in [5.41, 5.74) is 0.393. The molecule has 2 atom stereocenters. The van der Waals surface area contributed by atoms with Gasteiger partial charge in [-0.05, 0) is 25.3 Å². The van der Waals surface area contributed by atoms with Crippen molar-refractivity contribution in [1.29, 1.82) is 0 Å². The number of nitrogens with one attached hydrogen (secondary N) is 1. The number of fused-ring (bicyclic) bond motifs is 1. The Hall–Kier alpha value is -1.53. The van der Waals surface area contributed by atoms with Gasteiger partial charge in [-0.2, -0.15) is 4.39 Å². The van der Waals surface area contributed by atoms with Crippen LogP contribution in [0.25, 0.3) is 11.1 Å². The molecule has 22 heavy (non-hydrogen) atoms. The predicted molar refractivity (Wildman–Crippen MR) is 78.5 cm³/mol. The van der Waals surface area contributed by atoms with Gasteiger partial charge in [0.25, 0.3) is 0 Å². The molecule has 1 aromatic heterocycles. The number of aromatic nitrogens is 1. The highest BCUT2D eigenvalue weighted by Gasteiger charge is 2.26. The van der Waals surface area contributed by atoms with E-state index in [1.165, 1.54) is 6.07 Å². The van der Waals surface area contributed by atoms with Gasteiger partial charge in [-0.15, -0.1) is 0 Å². The SMILES string of the molecule is CC(C)c1nc2cc(CN[C@@H]3CCC[C@H]3O)c(F)c(F)c2o1. The van der Waals surface area contributed by atoms with Gasteiger partial charge in [0, 0.05) is 24.1 Å². The first-order chi connectivity index (χ1) is 10.5. The molecule has 0 saturated heterocycles. The minimum atomic E-state index is -0.999. The molecule has 1 heterocycles. The van der Waals surface area contributed by atoms with Crippen LogP contribution in [-0.2, 0) is 6.54 Å². The molecule has 4 nitrogen and oxygen atoms in total. The highest BCUT2D eigenvalue weighted by atomic mass is 19.2. The maximum atomic E-state index is 14.1. The van der Waals surface area contributed by atoms with Crippen molar-refractivity contribution in [1.82, 2.24) is 10.3 Å². The minimum absolute atomic E-state index is 0.00470. The topological polar surface area (TPSA) is 58.3 Å². The van der Waals surface area contributed by atoms with E-state index < -0.39 is 17.7 Å². The van der Waals surface area contributed by atoms with E-state index in [-0.39, 0.29) is 29.7 Å². The van der Waals surface area contributed by atoms with Crippen molar-refractivity contribution in [3.8, 4) is 0 Å². The third kappa shape index (κ3) is 2.73. The van der Waals surface area contributed by atoms with Crippen LogP contribution in [0, 0.1) is 11.6 Å². The molecule has 0 unspecified atom stereocenters. The molecule has 2 aromatic rings. The third-order valence-corrected chi connectivity index (χ3v) is 4.18. The summed E-state index contributed by atoms with van der Waals surface area (Å²) in [7, 11) is 0. The van der Waals surface area contributed by atoms with Crippen LogP contribution < -0.4 is 5.32 Å². The standard InChI is InChI=1S/C16H20F2N2O2/c1-8(2)16-20-11-6-9(13(17)14(18)15(11)22-16)7-19-10-4-3-5-12(10)21/h6,8,10,12,19,21H,3-5,7H2,1-2H3/t10-,12-/m1/s1. The number of aliphatic hydroxyl groups excluding tert-OH is 1. The maximum Gasteiger partial charge on any atom is 0.203 e. The lowest BCUT2D eigenvalue weighted by molar-refractivity contribution is 0.148. The van der Waals surface area contributed by atoms with Crippen LogP contribution in [0.5, 0.6) is 0 Å². The summed E-state index contributed by atoms with van der Waals surface area (Å²) < 4.78 is 33.6. The first-order valence-corrected chi connectivity index (χ1v) is 7.66. The van der Waals surface area contributed by atoms with Gasteiger partial charge in [0.15, 0.2) is 17.3 Å². The summed E-state index contributed by atoms with van der Waals surface area (Å²) in [5.74, 6) is -1.52. The Morgan fingerprint density at radius 3 is 2.77 bits per heavy atom. The van der Waals surface area contributed by atoms with Gasteiger partial charge < -0.3 is 14.8 Å². The zero-order valence-corrected chi connectivity index (χ0v) is 12.7. The molecule has 0 aliphatic heterocycles.